The number of ether oxygens (including phenoxy) is 1. The van der Waals surface area contributed by atoms with E-state index in [9.17, 15) is 4.79 Å². The first-order valence-electron chi connectivity index (χ1n) is 7.08. The van der Waals surface area contributed by atoms with Crippen molar-refractivity contribution in [2.75, 3.05) is 26.8 Å². The Kier molecular flexibility index (Phi) is 4.07. The van der Waals surface area contributed by atoms with Crippen molar-refractivity contribution in [2.24, 2.45) is 5.92 Å². The van der Waals surface area contributed by atoms with Gasteiger partial charge in [0.15, 0.2) is 5.58 Å². The van der Waals surface area contributed by atoms with Gasteiger partial charge in [-0.15, -0.1) is 0 Å². The van der Waals surface area contributed by atoms with E-state index in [1.165, 1.54) is 0 Å². The lowest BCUT2D eigenvalue weighted by molar-refractivity contribution is 0.0613. The Morgan fingerprint density at radius 2 is 2.24 bits per heavy atom. The van der Waals surface area contributed by atoms with Gasteiger partial charge in [-0.25, -0.2) is 0 Å². The van der Waals surface area contributed by atoms with E-state index in [1.807, 2.05) is 17.0 Å². The lowest BCUT2D eigenvalue weighted by Gasteiger charge is -2.31. The van der Waals surface area contributed by atoms with Gasteiger partial charge in [0.1, 0.15) is 0 Å². The summed E-state index contributed by atoms with van der Waals surface area (Å²) in [6.45, 7) is 2.33. The fourth-order valence-corrected chi connectivity index (χ4v) is 3.00. The summed E-state index contributed by atoms with van der Waals surface area (Å²) in [6.07, 6.45) is 1.99. The molecule has 5 nitrogen and oxygen atoms in total. The van der Waals surface area contributed by atoms with Crippen LogP contribution in [-0.2, 0) is 4.74 Å². The van der Waals surface area contributed by atoms with Crippen LogP contribution in [0.25, 0.3) is 11.1 Å². The molecule has 0 bridgehead atoms. The molecule has 1 N–H and O–H groups in total. The van der Waals surface area contributed by atoms with Crippen LogP contribution >= 0.6 is 12.2 Å². The van der Waals surface area contributed by atoms with Crippen LogP contribution in [0.5, 0.6) is 0 Å². The Balaban J connectivity index is 1.73. The van der Waals surface area contributed by atoms with E-state index in [0.717, 1.165) is 38.1 Å². The molecule has 1 aromatic carbocycles. The van der Waals surface area contributed by atoms with Gasteiger partial charge in [-0.05, 0) is 49.2 Å². The van der Waals surface area contributed by atoms with Crippen LogP contribution in [-0.4, -0.2) is 42.6 Å². The summed E-state index contributed by atoms with van der Waals surface area (Å²) in [6, 6.07) is 5.40. The number of hydrogen-bond acceptors (Lipinski definition) is 4. The second kappa shape index (κ2) is 5.99. The highest BCUT2D eigenvalue weighted by atomic mass is 32.1. The largest absolute Gasteiger partial charge is 0.429 e. The van der Waals surface area contributed by atoms with Gasteiger partial charge in [0.25, 0.3) is 10.7 Å². The van der Waals surface area contributed by atoms with Crippen molar-refractivity contribution < 1.29 is 13.9 Å². The molecule has 1 amide bonds. The van der Waals surface area contributed by atoms with Crippen LogP contribution in [0.4, 0.5) is 0 Å². The van der Waals surface area contributed by atoms with E-state index in [4.69, 9.17) is 21.4 Å². The summed E-state index contributed by atoms with van der Waals surface area (Å²) < 4.78 is 10.6. The number of rotatable bonds is 3. The molecule has 1 aromatic heterocycles. The number of amides is 1. The zero-order valence-electron chi connectivity index (χ0n) is 11.9. The third-order valence-corrected chi connectivity index (χ3v) is 4.16. The maximum atomic E-state index is 12.5. The van der Waals surface area contributed by atoms with Crippen LogP contribution in [0, 0.1) is 10.8 Å². The predicted molar refractivity (Wildman–Crippen MR) is 81.9 cm³/mol. The third-order valence-electron chi connectivity index (χ3n) is 3.97. The van der Waals surface area contributed by atoms with Crippen molar-refractivity contribution in [1.29, 1.82) is 0 Å². The van der Waals surface area contributed by atoms with Crippen LogP contribution in [0.3, 0.4) is 0 Å². The molecule has 21 heavy (non-hydrogen) atoms. The summed E-state index contributed by atoms with van der Waals surface area (Å²) >= 11 is 4.96. The van der Waals surface area contributed by atoms with E-state index in [0.29, 0.717) is 21.9 Å². The Labute approximate surface area is 127 Å². The van der Waals surface area contributed by atoms with E-state index < -0.39 is 0 Å². The molecule has 112 valence electrons. The molecule has 0 unspecified atom stereocenters. The lowest BCUT2D eigenvalue weighted by atomic mass is 9.97. The zero-order chi connectivity index (χ0) is 14.8. The average molecular weight is 306 g/mol. The number of aromatic nitrogens is 1. The molecule has 2 aromatic rings. The minimum Gasteiger partial charge on any atom is -0.429 e. The van der Waals surface area contributed by atoms with Crippen LogP contribution < -0.4 is 0 Å². The van der Waals surface area contributed by atoms with Crippen LogP contribution in [0.15, 0.2) is 22.6 Å². The van der Waals surface area contributed by atoms with Crippen molar-refractivity contribution in [2.45, 2.75) is 12.8 Å². The third kappa shape index (κ3) is 3.01. The molecular formula is C15H18N2O3S. The highest BCUT2D eigenvalue weighted by Gasteiger charge is 2.23. The maximum absolute atomic E-state index is 12.5. The second-order valence-electron chi connectivity index (χ2n) is 5.42. The monoisotopic (exact) mass is 306 g/mol. The molecule has 0 radical (unpaired) electrons. The highest BCUT2D eigenvalue weighted by Crippen LogP contribution is 2.21. The first kappa shape index (κ1) is 14.3. The molecule has 1 aliphatic rings. The summed E-state index contributed by atoms with van der Waals surface area (Å²) in [5.41, 5.74) is 2.08. The van der Waals surface area contributed by atoms with Crippen molar-refractivity contribution >= 4 is 29.2 Å². The van der Waals surface area contributed by atoms with Crippen molar-refractivity contribution in [3.8, 4) is 0 Å². The summed E-state index contributed by atoms with van der Waals surface area (Å²) in [5.74, 6) is 0.610. The predicted octanol–water partition coefficient (Wildman–Crippen LogP) is 2.99. The second-order valence-corrected chi connectivity index (χ2v) is 5.79. The van der Waals surface area contributed by atoms with Gasteiger partial charge in [-0.2, -0.15) is 0 Å². The van der Waals surface area contributed by atoms with E-state index in [2.05, 4.69) is 4.98 Å². The highest BCUT2D eigenvalue weighted by molar-refractivity contribution is 7.71. The van der Waals surface area contributed by atoms with Gasteiger partial charge in [-0.1, -0.05) is 0 Å². The number of nitrogens with one attached hydrogen (secondary N) is 1. The number of piperidine rings is 1. The van der Waals surface area contributed by atoms with Crippen molar-refractivity contribution in [1.82, 2.24) is 9.88 Å². The zero-order valence-corrected chi connectivity index (χ0v) is 12.7. The van der Waals surface area contributed by atoms with E-state index in [-0.39, 0.29) is 5.91 Å². The Morgan fingerprint density at radius 1 is 1.48 bits per heavy atom. The Hall–Kier alpha value is -1.66. The number of likely N-dealkylation sites (tertiary alicyclic amines) is 1. The topological polar surface area (TPSA) is 58.5 Å². The standard InChI is InChI=1S/C15H18N2O3S/c1-19-9-10-4-6-17(7-5-10)14(18)11-2-3-12-13(8-11)20-15(21)16-12/h2-3,8,10H,4-7,9H2,1H3,(H,16,21). The number of hydrogen-bond donors (Lipinski definition) is 1. The molecule has 2 heterocycles. The first-order valence-corrected chi connectivity index (χ1v) is 7.49. The SMILES string of the molecule is COCC1CCN(C(=O)c2ccc3[nH]c(=S)oc3c2)CC1. The minimum absolute atomic E-state index is 0.0510. The maximum Gasteiger partial charge on any atom is 0.266 e. The van der Waals surface area contributed by atoms with Gasteiger partial charge >= 0.3 is 0 Å². The summed E-state index contributed by atoms with van der Waals surface area (Å²) in [4.78, 5) is 17.7. The number of methoxy groups -OCH3 is 1. The molecule has 0 atom stereocenters. The van der Waals surface area contributed by atoms with Crippen LogP contribution in [0.1, 0.15) is 23.2 Å². The fourth-order valence-electron chi connectivity index (χ4n) is 2.80. The number of oxazole rings is 1. The Morgan fingerprint density at radius 3 is 2.95 bits per heavy atom. The number of benzene rings is 1. The minimum atomic E-state index is 0.0510. The molecule has 0 spiro atoms. The van der Waals surface area contributed by atoms with Gasteiger partial charge in [0.05, 0.1) is 5.52 Å². The van der Waals surface area contributed by atoms with Crippen LogP contribution in [0.2, 0.25) is 0 Å². The smallest absolute Gasteiger partial charge is 0.266 e. The van der Waals surface area contributed by atoms with Crippen molar-refractivity contribution in [3.05, 3.63) is 28.6 Å². The number of nitrogens with zero attached hydrogens (tertiary/aromatic N) is 1. The van der Waals surface area contributed by atoms with Crippen molar-refractivity contribution in [3.63, 3.8) is 0 Å². The molecular weight excluding hydrogens is 288 g/mol. The lowest BCUT2D eigenvalue weighted by Crippen LogP contribution is -2.39. The van der Waals surface area contributed by atoms with Gasteiger partial charge < -0.3 is 19.0 Å². The molecule has 0 saturated carbocycles. The van der Waals surface area contributed by atoms with Gasteiger partial charge in [-0.3, -0.25) is 4.79 Å². The molecule has 0 aliphatic carbocycles. The van der Waals surface area contributed by atoms with Gasteiger partial charge in [0.2, 0.25) is 0 Å². The fraction of sp³-hybridized carbons (Fsp3) is 0.467. The molecule has 1 aliphatic heterocycles. The first-order chi connectivity index (χ1) is 10.2. The summed E-state index contributed by atoms with van der Waals surface area (Å²) in [7, 11) is 1.72. The molecule has 3 rings (SSSR count). The number of fused-ring (bicyclic) bond motifs is 1. The van der Waals surface area contributed by atoms with E-state index in [1.54, 1.807) is 13.2 Å². The normalized spacial score (nSPS) is 16.5. The number of H-pyrrole nitrogens is 1. The molecule has 1 saturated heterocycles. The van der Waals surface area contributed by atoms with Gasteiger partial charge in [0, 0.05) is 32.4 Å². The number of carbonyl (C=O) groups excluding carboxylic acids is 1. The van der Waals surface area contributed by atoms with E-state index >= 15 is 0 Å². The quantitative estimate of drug-likeness (QED) is 0.886. The average Bonchev–Trinajstić information content (AvgIpc) is 2.86. The molecule has 1 fully saturated rings. The summed E-state index contributed by atoms with van der Waals surface area (Å²) in [5, 5.41) is 0. The number of aromatic amines is 1. The Bertz CT molecular complexity index is 698. The number of carbonyl (C=O) groups is 1. The molecule has 6 heteroatoms.